The van der Waals surface area contributed by atoms with Crippen LogP contribution < -0.4 is 0 Å². The van der Waals surface area contributed by atoms with Crippen molar-refractivity contribution < 1.29 is 4.92 Å². The third kappa shape index (κ3) is 8.39. The van der Waals surface area contributed by atoms with Crippen molar-refractivity contribution in [2.45, 2.75) is 79.0 Å². The Morgan fingerprint density at radius 1 is 1.00 bits per heavy atom. The Morgan fingerprint density at radius 2 is 1.56 bits per heavy atom. The van der Waals surface area contributed by atoms with Gasteiger partial charge in [-0.05, 0) is 0 Å². The van der Waals surface area contributed by atoms with Crippen LogP contribution in [0.15, 0.2) is 34.4 Å². The molecule has 0 amide bonds. The molecule has 0 saturated heterocycles. The molecule has 0 saturated carbocycles. The molecule has 0 spiro atoms. The monoisotopic (exact) mass is 453 g/mol. The molecule has 1 aromatic carbocycles. The molecular formula is C21H35NO2Sn. The Morgan fingerprint density at radius 3 is 2.04 bits per heavy atom. The van der Waals surface area contributed by atoms with Crippen molar-refractivity contribution in [1.29, 1.82) is 0 Å². The molecule has 0 aliphatic carbocycles. The van der Waals surface area contributed by atoms with Crippen LogP contribution in [-0.4, -0.2) is 23.3 Å². The molecule has 140 valence electrons. The summed E-state index contributed by atoms with van der Waals surface area (Å²) in [5.74, 6) is 0. The molecule has 0 aromatic heterocycles. The van der Waals surface area contributed by atoms with Crippen LogP contribution in [-0.2, 0) is 6.42 Å². The molecule has 25 heavy (non-hydrogen) atoms. The number of unbranched alkanes of at least 4 members (excludes halogenated alkanes) is 3. The fourth-order valence-corrected chi connectivity index (χ4v) is 17.8. The molecule has 0 heterocycles. The predicted molar refractivity (Wildman–Crippen MR) is 111 cm³/mol. The van der Waals surface area contributed by atoms with Crippen LogP contribution >= 0.6 is 0 Å². The number of hydrogen-bond donors (Lipinski definition) is 0. The van der Waals surface area contributed by atoms with Crippen molar-refractivity contribution in [3.63, 3.8) is 0 Å². The maximum absolute atomic E-state index is 10.9. The first-order chi connectivity index (χ1) is 12.1. The van der Waals surface area contributed by atoms with Crippen LogP contribution in [0.25, 0.3) is 0 Å². The van der Waals surface area contributed by atoms with Crippen LogP contribution in [0.1, 0.15) is 64.9 Å². The van der Waals surface area contributed by atoms with E-state index >= 15 is 0 Å². The zero-order valence-electron chi connectivity index (χ0n) is 16.3. The number of nitro groups is 1. The second-order valence-electron chi connectivity index (χ2n) is 7.21. The van der Waals surface area contributed by atoms with Gasteiger partial charge in [-0.1, -0.05) is 0 Å². The van der Waals surface area contributed by atoms with Crippen molar-refractivity contribution in [2.75, 3.05) is 0 Å². The number of rotatable bonds is 13. The minimum atomic E-state index is -2.22. The summed E-state index contributed by atoms with van der Waals surface area (Å²) in [6.07, 6.45) is 11.1. The third-order valence-corrected chi connectivity index (χ3v) is 19.3. The third-order valence-electron chi connectivity index (χ3n) is 5.03. The molecule has 0 aliphatic rings. The molecule has 0 radical (unpaired) electrons. The number of hydrogen-bond acceptors (Lipinski definition) is 2. The quantitative estimate of drug-likeness (QED) is 0.182. The second-order valence-corrected chi connectivity index (χ2v) is 20.2. The van der Waals surface area contributed by atoms with E-state index < -0.39 is 18.4 Å². The van der Waals surface area contributed by atoms with Gasteiger partial charge in [-0.2, -0.15) is 0 Å². The van der Waals surface area contributed by atoms with Gasteiger partial charge in [-0.15, -0.1) is 0 Å². The molecule has 4 heteroatoms. The molecular weight excluding hydrogens is 417 g/mol. The summed E-state index contributed by atoms with van der Waals surface area (Å²) in [7, 11) is 0. The number of allylic oxidation sites excluding steroid dienone is 1. The van der Waals surface area contributed by atoms with E-state index in [0.29, 0.717) is 0 Å². The van der Waals surface area contributed by atoms with Crippen LogP contribution in [0.3, 0.4) is 0 Å². The van der Waals surface area contributed by atoms with Gasteiger partial charge in [0.25, 0.3) is 0 Å². The first-order valence-electron chi connectivity index (χ1n) is 9.98. The Labute approximate surface area is 157 Å². The second kappa shape index (κ2) is 12.5. The van der Waals surface area contributed by atoms with Crippen molar-refractivity contribution in [3.8, 4) is 0 Å². The number of nitro benzene ring substituents is 1. The standard InChI is InChI=1S/C9H8NO2.3C4H9.Sn/c1-2-4-8-5-3-6-9(7-8)10(11)12;3*1-3-4-2;/h1-3,5-7H,4H2;3*1,3-4H2,2H3;. The average Bonchev–Trinajstić information content (AvgIpc) is 2.63. The van der Waals surface area contributed by atoms with Gasteiger partial charge in [0.15, 0.2) is 0 Å². The molecule has 0 aliphatic heterocycles. The van der Waals surface area contributed by atoms with Gasteiger partial charge < -0.3 is 0 Å². The van der Waals surface area contributed by atoms with Gasteiger partial charge in [0.2, 0.25) is 0 Å². The van der Waals surface area contributed by atoms with Gasteiger partial charge in [0, 0.05) is 0 Å². The van der Waals surface area contributed by atoms with E-state index in [9.17, 15) is 10.1 Å². The normalized spacial score (nSPS) is 12.0. The summed E-state index contributed by atoms with van der Waals surface area (Å²) >= 11 is -2.22. The molecule has 1 rings (SSSR count). The van der Waals surface area contributed by atoms with E-state index in [-0.39, 0.29) is 10.6 Å². The van der Waals surface area contributed by atoms with Gasteiger partial charge in [-0.3, -0.25) is 0 Å². The van der Waals surface area contributed by atoms with Crippen LogP contribution in [0.4, 0.5) is 5.69 Å². The van der Waals surface area contributed by atoms with E-state index in [0.717, 1.165) is 12.0 Å². The first-order valence-corrected chi connectivity index (χ1v) is 17.7. The zero-order valence-corrected chi connectivity index (χ0v) is 19.2. The Bertz CT molecular complexity index is 521. The van der Waals surface area contributed by atoms with E-state index in [1.165, 1.54) is 51.8 Å². The van der Waals surface area contributed by atoms with Crippen molar-refractivity contribution in [3.05, 3.63) is 50.1 Å². The summed E-state index contributed by atoms with van der Waals surface area (Å²) in [6.45, 7) is 6.88. The van der Waals surface area contributed by atoms with Crippen LogP contribution in [0.5, 0.6) is 0 Å². The summed E-state index contributed by atoms with van der Waals surface area (Å²) in [5, 5.41) is 10.9. The molecule has 0 bridgehead atoms. The summed E-state index contributed by atoms with van der Waals surface area (Å²) in [5.41, 5.74) is 1.25. The minimum absolute atomic E-state index is 0.198. The van der Waals surface area contributed by atoms with Crippen molar-refractivity contribution in [1.82, 2.24) is 0 Å². The van der Waals surface area contributed by atoms with Crippen molar-refractivity contribution >= 4 is 24.1 Å². The van der Waals surface area contributed by atoms with E-state index in [1.54, 1.807) is 18.2 Å². The van der Waals surface area contributed by atoms with Gasteiger partial charge in [0.1, 0.15) is 0 Å². The fraction of sp³-hybridized carbons (Fsp3) is 0.619. The van der Waals surface area contributed by atoms with Gasteiger partial charge in [-0.25, -0.2) is 0 Å². The fourth-order valence-electron chi connectivity index (χ4n) is 3.45. The number of nitrogens with zero attached hydrogens (tertiary/aromatic N) is 1. The van der Waals surface area contributed by atoms with E-state index in [4.69, 9.17) is 0 Å². The van der Waals surface area contributed by atoms with Gasteiger partial charge >= 0.3 is 158 Å². The van der Waals surface area contributed by atoms with Crippen molar-refractivity contribution in [2.24, 2.45) is 0 Å². The summed E-state index contributed by atoms with van der Waals surface area (Å²) < 4.78 is 7.05. The Hall–Kier alpha value is -0.841. The molecule has 0 N–H and O–H groups in total. The number of non-ortho nitro benzene ring substituents is 1. The average molecular weight is 452 g/mol. The van der Waals surface area contributed by atoms with Crippen LogP contribution in [0, 0.1) is 10.1 Å². The molecule has 0 unspecified atom stereocenters. The molecule has 0 fully saturated rings. The zero-order chi connectivity index (χ0) is 18.5. The molecule has 1 aromatic rings. The van der Waals surface area contributed by atoms with Gasteiger partial charge in [0.05, 0.1) is 0 Å². The summed E-state index contributed by atoms with van der Waals surface area (Å²) in [4.78, 5) is 10.6. The SMILES string of the molecule is CCC[CH2][Sn](/[CH]=C/Cc1cccc([N+](=O)[O-])c1)([CH2]CCC)[CH2]CCC. The first kappa shape index (κ1) is 22.2. The Balaban J connectivity index is 2.87. The molecule has 0 atom stereocenters. The Kier molecular flexibility index (Phi) is 11.1. The summed E-state index contributed by atoms with van der Waals surface area (Å²) in [6, 6.07) is 7.08. The molecule has 3 nitrogen and oxygen atoms in total. The van der Waals surface area contributed by atoms with Crippen LogP contribution in [0.2, 0.25) is 13.3 Å². The number of benzene rings is 1. The topological polar surface area (TPSA) is 43.1 Å². The maximum atomic E-state index is 10.9. The van der Waals surface area contributed by atoms with E-state index in [1.807, 2.05) is 6.07 Å². The predicted octanol–water partition coefficient (Wildman–Crippen LogP) is 7.08. The van der Waals surface area contributed by atoms with E-state index in [2.05, 4.69) is 30.9 Å².